The van der Waals surface area contributed by atoms with Gasteiger partial charge in [-0.1, -0.05) is 0 Å². The minimum absolute atomic E-state index is 0.0126. The molecule has 0 aliphatic carbocycles. The summed E-state index contributed by atoms with van der Waals surface area (Å²) in [7, 11) is -2.33. The number of nitrogen functional groups attached to an aromatic ring is 1. The summed E-state index contributed by atoms with van der Waals surface area (Å²) >= 11 is 5.78. The van der Waals surface area contributed by atoms with Crippen LogP contribution in [0, 0.1) is 0 Å². The van der Waals surface area contributed by atoms with Crippen molar-refractivity contribution in [3.05, 3.63) is 11.6 Å². The molecule has 22 heavy (non-hydrogen) atoms. The molecule has 0 bridgehead atoms. The molecule has 9 nitrogen and oxygen atoms in total. The fraction of sp³-hybridized carbons (Fsp3) is 0.500. The number of alkyl halides is 1. The lowest BCUT2D eigenvalue weighted by Gasteiger charge is -2.14. The van der Waals surface area contributed by atoms with E-state index in [1.807, 2.05) is 0 Å². The fourth-order valence-electron chi connectivity index (χ4n) is 2.54. The monoisotopic (exact) mass is 348 g/mol. The van der Waals surface area contributed by atoms with Crippen LogP contribution in [-0.4, -0.2) is 44.5 Å². The first kappa shape index (κ1) is 14.2. The molecule has 0 saturated carbocycles. The number of nitrogens with zero attached hydrogens (tertiary/aromatic N) is 4. The lowest BCUT2D eigenvalue weighted by Crippen LogP contribution is -2.35. The van der Waals surface area contributed by atoms with Crippen LogP contribution >= 0.6 is 19.9 Å². The summed E-state index contributed by atoms with van der Waals surface area (Å²) in [5.41, 5.74) is 6.24. The lowest BCUT2D eigenvalue weighted by atomic mass is 10.1. The van der Waals surface area contributed by atoms with Crippen molar-refractivity contribution in [1.29, 1.82) is 0 Å². The number of aromatic nitrogens is 4. The molecule has 1 unspecified atom stereocenters. The van der Waals surface area contributed by atoms with E-state index >= 15 is 0 Å². The molecular formula is C10H9ClFN5O4P+. The molecule has 0 spiro atoms. The first-order valence-corrected chi connectivity index (χ1v) is 7.74. The Hall–Kier alpha value is -1.45. The van der Waals surface area contributed by atoms with Gasteiger partial charge in [0.15, 0.2) is 30.0 Å². The molecule has 12 heteroatoms. The van der Waals surface area contributed by atoms with E-state index < -0.39 is 32.9 Å². The molecule has 2 N–H and O–H groups in total. The summed E-state index contributed by atoms with van der Waals surface area (Å²) in [6, 6.07) is 0. The molecule has 2 aromatic heterocycles. The summed E-state index contributed by atoms with van der Waals surface area (Å²) in [6.45, 7) is -0.0126. The number of ether oxygens (including phenoxy) is 1. The zero-order valence-corrected chi connectivity index (χ0v) is 12.4. The van der Waals surface area contributed by atoms with Crippen LogP contribution < -0.4 is 5.73 Å². The summed E-state index contributed by atoms with van der Waals surface area (Å²) in [4.78, 5) is 11.8. The van der Waals surface area contributed by atoms with E-state index in [0.717, 1.165) is 0 Å². The van der Waals surface area contributed by atoms with Crippen LogP contribution in [0.1, 0.15) is 6.23 Å². The number of hydrogen-bond acceptors (Lipinski definition) is 8. The van der Waals surface area contributed by atoms with Crippen molar-refractivity contribution in [3.8, 4) is 0 Å². The molecule has 0 aromatic carbocycles. The van der Waals surface area contributed by atoms with Crippen LogP contribution in [0.15, 0.2) is 6.33 Å². The van der Waals surface area contributed by atoms with E-state index in [2.05, 4.69) is 15.0 Å². The predicted octanol–water partition coefficient (Wildman–Crippen LogP) is 1.37. The summed E-state index contributed by atoms with van der Waals surface area (Å²) in [5, 5.41) is -0.0831. The smallest absolute Gasteiger partial charge is 0.382 e. The van der Waals surface area contributed by atoms with Gasteiger partial charge >= 0.3 is 8.25 Å². The topological polar surface area (TPSA) is 114 Å². The molecule has 4 heterocycles. The summed E-state index contributed by atoms with van der Waals surface area (Å²) in [6.07, 6.45) is -2.94. The summed E-state index contributed by atoms with van der Waals surface area (Å²) in [5.74, 6) is 0.0854. The highest BCUT2D eigenvalue weighted by Crippen LogP contribution is 2.44. The van der Waals surface area contributed by atoms with Crippen molar-refractivity contribution < 1.29 is 22.7 Å². The fourth-order valence-corrected chi connectivity index (χ4v) is 3.49. The molecule has 2 fully saturated rings. The Balaban J connectivity index is 1.75. The van der Waals surface area contributed by atoms with Gasteiger partial charge in [-0.25, -0.2) is 9.37 Å². The van der Waals surface area contributed by atoms with Gasteiger partial charge in [-0.2, -0.15) is 9.97 Å². The second-order valence-electron chi connectivity index (χ2n) is 4.80. The van der Waals surface area contributed by atoms with Crippen molar-refractivity contribution in [2.24, 2.45) is 0 Å². The summed E-state index contributed by atoms with van der Waals surface area (Å²) < 4.78 is 42.6. The predicted molar refractivity (Wildman–Crippen MR) is 72.0 cm³/mol. The van der Waals surface area contributed by atoms with Crippen LogP contribution in [0.2, 0.25) is 5.28 Å². The number of fused-ring (bicyclic) bond motifs is 2. The number of anilines is 1. The highest BCUT2D eigenvalue weighted by atomic mass is 35.5. The van der Waals surface area contributed by atoms with Crippen LogP contribution in [0.5, 0.6) is 0 Å². The number of halogens is 2. The number of hydrogen-bond donors (Lipinski definition) is 1. The van der Waals surface area contributed by atoms with Crippen LogP contribution in [0.4, 0.5) is 10.2 Å². The van der Waals surface area contributed by atoms with Crippen LogP contribution in [0.3, 0.4) is 0 Å². The van der Waals surface area contributed by atoms with Gasteiger partial charge in [0.05, 0.1) is 6.33 Å². The minimum atomic E-state index is -2.33. The Bertz CT molecular complexity index is 775. The third-order valence-electron chi connectivity index (χ3n) is 3.51. The molecule has 0 radical (unpaired) electrons. The van der Waals surface area contributed by atoms with Crippen molar-refractivity contribution in [3.63, 3.8) is 0 Å². The maximum Gasteiger partial charge on any atom is 0.697 e. The number of imidazole rings is 1. The maximum absolute atomic E-state index is 14.6. The number of nitrogens with two attached hydrogens (primary N) is 1. The van der Waals surface area contributed by atoms with Gasteiger partial charge in [-0.05, 0) is 11.6 Å². The molecule has 116 valence electrons. The zero-order chi connectivity index (χ0) is 15.4. The molecule has 2 saturated heterocycles. The second kappa shape index (κ2) is 5.04. The molecule has 2 aliphatic rings. The normalized spacial score (nSPS) is 33.3. The molecule has 2 aromatic rings. The van der Waals surface area contributed by atoms with Crippen molar-refractivity contribution >= 4 is 36.8 Å². The van der Waals surface area contributed by atoms with E-state index in [1.54, 1.807) is 0 Å². The molecule has 4 rings (SSSR count). The Labute approximate surface area is 128 Å². The molecule has 5 atom stereocenters. The minimum Gasteiger partial charge on any atom is -0.382 e. The molecular weight excluding hydrogens is 340 g/mol. The Morgan fingerprint density at radius 3 is 3.14 bits per heavy atom. The van der Waals surface area contributed by atoms with Crippen LogP contribution in [0.25, 0.3) is 11.2 Å². The van der Waals surface area contributed by atoms with Gasteiger partial charge in [0.25, 0.3) is 0 Å². The third-order valence-corrected chi connectivity index (χ3v) is 4.46. The van der Waals surface area contributed by atoms with Gasteiger partial charge in [0.1, 0.15) is 18.2 Å². The van der Waals surface area contributed by atoms with E-state index in [0.29, 0.717) is 5.52 Å². The molecule has 2 aliphatic heterocycles. The third kappa shape index (κ3) is 2.07. The van der Waals surface area contributed by atoms with Gasteiger partial charge in [0, 0.05) is 4.57 Å². The first-order chi connectivity index (χ1) is 10.5. The maximum atomic E-state index is 14.6. The van der Waals surface area contributed by atoms with Gasteiger partial charge in [-0.15, -0.1) is 9.05 Å². The van der Waals surface area contributed by atoms with E-state index in [9.17, 15) is 8.96 Å². The average molecular weight is 349 g/mol. The van der Waals surface area contributed by atoms with E-state index in [4.69, 9.17) is 31.1 Å². The SMILES string of the molecule is Nc1nc(Cl)nc2c1ncn2[C@@H]1O[C@@H]2CO[P+](=O)O[C@H]2[C@@H]1F. The van der Waals surface area contributed by atoms with Gasteiger partial charge in [0.2, 0.25) is 5.28 Å². The standard InChI is InChI=1S/C10H9ClFN5O4P/c11-10-15-7(13)5-8(16-10)17(2-14-5)9-4(12)6-3(20-9)1-19-22(18)21-6/h2-4,6,9H,1H2,(H2,13,15,16)/q+1/t3-,4+,6-,9-/m1/s1. The largest absolute Gasteiger partial charge is 0.697 e. The Morgan fingerprint density at radius 2 is 2.32 bits per heavy atom. The lowest BCUT2D eigenvalue weighted by molar-refractivity contribution is -0.0533. The van der Waals surface area contributed by atoms with Crippen LogP contribution in [-0.2, 0) is 18.3 Å². The zero-order valence-electron chi connectivity index (χ0n) is 10.8. The Morgan fingerprint density at radius 1 is 1.50 bits per heavy atom. The quantitative estimate of drug-likeness (QED) is 0.607. The van der Waals surface area contributed by atoms with Gasteiger partial charge < -0.3 is 10.5 Å². The van der Waals surface area contributed by atoms with Gasteiger partial charge in [-0.3, -0.25) is 4.57 Å². The highest BCUT2D eigenvalue weighted by molar-refractivity contribution is 7.33. The molecule has 0 amide bonds. The van der Waals surface area contributed by atoms with E-state index in [1.165, 1.54) is 10.9 Å². The van der Waals surface area contributed by atoms with Crippen molar-refractivity contribution in [2.75, 3.05) is 12.3 Å². The Kier molecular flexibility index (Phi) is 3.24. The van der Waals surface area contributed by atoms with E-state index in [-0.39, 0.29) is 23.4 Å². The first-order valence-electron chi connectivity index (χ1n) is 6.26. The van der Waals surface area contributed by atoms with Crippen molar-refractivity contribution in [1.82, 2.24) is 19.5 Å². The second-order valence-corrected chi connectivity index (χ2v) is 6.06. The average Bonchev–Trinajstić information content (AvgIpc) is 3.01. The highest BCUT2D eigenvalue weighted by Gasteiger charge is 2.56. The van der Waals surface area contributed by atoms with Crippen molar-refractivity contribution in [2.45, 2.75) is 24.6 Å². The number of rotatable bonds is 1.